The Kier molecular flexibility index (Phi) is 4.87. The first-order valence-corrected chi connectivity index (χ1v) is 8.53. The highest BCUT2D eigenvalue weighted by Crippen LogP contribution is 2.31. The molecule has 2 aliphatic rings. The van der Waals surface area contributed by atoms with E-state index in [9.17, 15) is 9.90 Å². The standard InChI is InChI=1S/C18H26N2O3/c1-12-10-20(11-13(2)23-12)16-8-4-3-7-15(16)19-18(22)14-6-5-9-17(14)21/h3-4,7-8,12-14,17,21H,5-6,9-11H2,1-2H3,(H,19,22). The van der Waals surface area contributed by atoms with Crippen LogP contribution in [0.15, 0.2) is 24.3 Å². The van der Waals surface area contributed by atoms with E-state index in [0.29, 0.717) is 0 Å². The maximum Gasteiger partial charge on any atom is 0.230 e. The number of hydrogen-bond acceptors (Lipinski definition) is 4. The van der Waals surface area contributed by atoms with Crippen LogP contribution in [-0.2, 0) is 9.53 Å². The van der Waals surface area contributed by atoms with Crippen molar-refractivity contribution in [2.24, 2.45) is 5.92 Å². The number of carbonyl (C=O) groups is 1. The zero-order valence-corrected chi connectivity index (χ0v) is 13.9. The van der Waals surface area contributed by atoms with Gasteiger partial charge in [0.15, 0.2) is 0 Å². The molecule has 2 N–H and O–H groups in total. The topological polar surface area (TPSA) is 61.8 Å². The van der Waals surface area contributed by atoms with Gasteiger partial charge < -0.3 is 20.1 Å². The van der Waals surface area contributed by atoms with Crippen molar-refractivity contribution >= 4 is 17.3 Å². The number of ether oxygens (including phenoxy) is 1. The van der Waals surface area contributed by atoms with Gasteiger partial charge in [-0.3, -0.25) is 4.79 Å². The van der Waals surface area contributed by atoms with E-state index in [1.54, 1.807) is 0 Å². The fourth-order valence-electron chi connectivity index (χ4n) is 3.70. The number of aliphatic hydroxyl groups excluding tert-OH is 1. The summed E-state index contributed by atoms with van der Waals surface area (Å²) in [5.74, 6) is -0.359. The Labute approximate surface area is 137 Å². The molecule has 0 bridgehead atoms. The number of hydrogen-bond donors (Lipinski definition) is 2. The van der Waals surface area contributed by atoms with Crippen molar-refractivity contribution in [3.63, 3.8) is 0 Å². The van der Waals surface area contributed by atoms with Gasteiger partial charge in [0.2, 0.25) is 5.91 Å². The molecule has 4 unspecified atom stereocenters. The minimum absolute atomic E-state index is 0.0724. The number of rotatable bonds is 3. The minimum Gasteiger partial charge on any atom is -0.392 e. The van der Waals surface area contributed by atoms with E-state index in [4.69, 9.17) is 4.74 Å². The highest BCUT2D eigenvalue weighted by molar-refractivity contribution is 5.96. The molecule has 1 aromatic rings. The SMILES string of the molecule is CC1CN(c2ccccc2NC(=O)C2CCCC2O)CC(C)O1. The summed E-state index contributed by atoms with van der Waals surface area (Å²) < 4.78 is 5.79. The summed E-state index contributed by atoms with van der Waals surface area (Å²) in [5, 5.41) is 13.0. The molecular weight excluding hydrogens is 292 g/mol. The van der Waals surface area contributed by atoms with Crippen molar-refractivity contribution in [3.05, 3.63) is 24.3 Å². The fraction of sp³-hybridized carbons (Fsp3) is 0.611. The summed E-state index contributed by atoms with van der Waals surface area (Å²) in [6, 6.07) is 7.88. The molecule has 4 atom stereocenters. The van der Waals surface area contributed by atoms with Crippen LogP contribution < -0.4 is 10.2 Å². The highest BCUT2D eigenvalue weighted by atomic mass is 16.5. The maximum atomic E-state index is 12.5. The van der Waals surface area contributed by atoms with Gasteiger partial charge in [-0.25, -0.2) is 0 Å². The fourth-order valence-corrected chi connectivity index (χ4v) is 3.70. The lowest BCUT2D eigenvalue weighted by atomic mass is 10.0. The molecule has 1 saturated carbocycles. The van der Waals surface area contributed by atoms with Gasteiger partial charge in [0.05, 0.1) is 35.6 Å². The van der Waals surface area contributed by atoms with Crippen molar-refractivity contribution in [1.82, 2.24) is 0 Å². The molecule has 1 aromatic carbocycles. The molecule has 1 aliphatic heterocycles. The zero-order chi connectivity index (χ0) is 16.4. The van der Waals surface area contributed by atoms with E-state index >= 15 is 0 Å². The third-order valence-electron chi connectivity index (χ3n) is 4.74. The lowest BCUT2D eigenvalue weighted by Gasteiger charge is -2.37. The average Bonchev–Trinajstić information content (AvgIpc) is 2.93. The molecule has 1 amide bonds. The van der Waals surface area contributed by atoms with Crippen LogP contribution >= 0.6 is 0 Å². The van der Waals surface area contributed by atoms with Crippen LogP contribution in [0.1, 0.15) is 33.1 Å². The monoisotopic (exact) mass is 318 g/mol. The van der Waals surface area contributed by atoms with Crippen molar-refractivity contribution in [2.45, 2.75) is 51.4 Å². The van der Waals surface area contributed by atoms with E-state index < -0.39 is 6.10 Å². The normalized spacial score (nSPS) is 31.2. The second-order valence-electron chi connectivity index (χ2n) is 6.77. The molecule has 0 aromatic heterocycles. The number of nitrogens with zero attached hydrogens (tertiary/aromatic N) is 1. The number of nitrogens with one attached hydrogen (secondary N) is 1. The van der Waals surface area contributed by atoms with Crippen LogP contribution in [-0.4, -0.2) is 42.4 Å². The van der Waals surface area contributed by atoms with Gasteiger partial charge in [0.1, 0.15) is 0 Å². The van der Waals surface area contributed by atoms with E-state index in [0.717, 1.165) is 43.7 Å². The first kappa shape index (κ1) is 16.3. The largest absolute Gasteiger partial charge is 0.392 e. The summed E-state index contributed by atoms with van der Waals surface area (Å²) in [6.07, 6.45) is 2.22. The van der Waals surface area contributed by atoms with Gasteiger partial charge in [-0.1, -0.05) is 12.1 Å². The van der Waals surface area contributed by atoms with E-state index in [1.165, 1.54) is 0 Å². The second kappa shape index (κ2) is 6.89. The Balaban J connectivity index is 1.76. The van der Waals surface area contributed by atoms with Crippen molar-refractivity contribution < 1.29 is 14.6 Å². The van der Waals surface area contributed by atoms with Crippen molar-refractivity contribution in [3.8, 4) is 0 Å². The van der Waals surface area contributed by atoms with Gasteiger partial charge in [-0.2, -0.15) is 0 Å². The molecular formula is C18H26N2O3. The summed E-state index contributed by atoms with van der Waals surface area (Å²) in [5.41, 5.74) is 1.84. The van der Waals surface area contributed by atoms with Crippen LogP contribution in [0.3, 0.4) is 0 Å². The third kappa shape index (κ3) is 3.67. The molecule has 2 fully saturated rings. The van der Waals surface area contributed by atoms with Crippen LogP contribution in [0.5, 0.6) is 0 Å². The summed E-state index contributed by atoms with van der Waals surface area (Å²) in [6.45, 7) is 5.75. The Morgan fingerprint density at radius 2 is 1.91 bits per heavy atom. The summed E-state index contributed by atoms with van der Waals surface area (Å²) in [4.78, 5) is 14.7. The Bertz CT molecular complexity index is 553. The summed E-state index contributed by atoms with van der Waals surface area (Å²) >= 11 is 0. The lowest BCUT2D eigenvalue weighted by molar-refractivity contribution is -0.122. The Morgan fingerprint density at radius 1 is 1.22 bits per heavy atom. The number of morpholine rings is 1. The quantitative estimate of drug-likeness (QED) is 0.898. The number of carbonyl (C=O) groups excluding carboxylic acids is 1. The smallest absolute Gasteiger partial charge is 0.230 e. The Hall–Kier alpha value is -1.59. The number of amides is 1. The second-order valence-corrected chi connectivity index (χ2v) is 6.77. The number of para-hydroxylation sites is 2. The first-order chi connectivity index (χ1) is 11.0. The number of aliphatic hydroxyl groups is 1. The van der Waals surface area contributed by atoms with E-state index in [1.807, 2.05) is 24.3 Å². The third-order valence-corrected chi connectivity index (χ3v) is 4.74. The molecule has 0 radical (unpaired) electrons. The lowest BCUT2D eigenvalue weighted by Crippen LogP contribution is -2.45. The van der Waals surface area contributed by atoms with Gasteiger partial charge in [-0.15, -0.1) is 0 Å². The molecule has 1 heterocycles. The predicted octanol–water partition coefficient (Wildman–Crippen LogP) is 2.40. The number of benzene rings is 1. The van der Waals surface area contributed by atoms with Crippen molar-refractivity contribution in [1.29, 1.82) is 0 Å². The maximum absolute atomic E-state index is 12.5. The van der Waals surface area contributed by atoms with Crippen molar-refractivity contribution in [2.75, 3.05) is 23.3 Å². The molecule has 23 heavy (non-hydrogen) atoms. The minimum atomic E-state index is -0.509. The van der Waals surface area contributed by atoms with Gasteiger partial charge >= 0.3 is 0 Å². The van der Waals surface area contributed by atoms with Crippen LogP contribution in [0.4, 0.5) is 11.4 Å². The van der Waals surface area contributed by atoms with E-state index in [-0.39, 0.29) is 24.0 Å². The molecule has 1 aliphatic carbocycles. The van der Waals surface area contributed by atoms with Crippen LogP contribution in [0.2, 0.25) is 0 Å². The average molecular weight is 318 g/mol. The van der Waals surface area contributed by atoms with Gasteiger partial charge in [-0.05, 0) is 45.2 Å². The highest BCUT2D eigenvalue weighted by Gasteiger charge is 2.32. The van der Waals surface area contributed by atoms with Crippen LogP contribution in [0.25, 0.3) is 0 Å². The molecule has 1 saturated heterocycles. The Morgan fingerprint density at radius 3 is 2.57 bits per heavy atom. The predicted molar refractivity (Wildman–Crippen MR) is 90.6 cm³/mol. The molecule has 5 heteroatoms. The zero-order valence-electron chi connectivity index (χ0n) is 13.9. The van der Waals surface area contributed by atoms with E-state index in [2.05, 4.69) is 24.1 Å². The molecule has 3 rings (SSSR count). The molecule has 5 nitrogen and oxygen atoms in total. The molecule has 0 spiro atoms. The number of anilines is 2. The van der Waals surface area contributed by atoms with Crippen LogP contribution in [0, 0.1) is 5.92 Å². The summed E-state index contributed by atoms with van der Waals surface area (Å²) in [7, 11) is 0. The van der Waals surface area contributed by atoms with Gasteiger partial charge in [0.25, 0.3) is 0 Å². The molecule has 126 valence electrons. The first-order valence-electron chi connectivity index (χ1n) is 8.53. The van der Waals surface area contributed by atoms with Gasteiger partial charge in [0, 0.05) is 13.1 Å².